The highest BCUT2D eigenvalue weighted by Gasteiger charge is 2.46. The lowest BCUT2D eigenvalue weighted by molar-refractivity contribution is 0.155. The maximum atomic E-state index is 2.53. The van der Waals surface area contributed by atoms with Crippen LogP contribution in [0.25, 0.3) is 0 Å². The Hall–Kier alpha value is -1.21. The van der Waals surface area contributed by atoms with E-state index >= 15 is 0 Å². The maximum Gasteiger partial charge on any atom is 0.0101 e. The Morgan fingerprint density at radius 1 is 0.958 bits per heavy atom. The molecule has 0 saturated heterocycles. The van der Waals surface area contributed by atoms with Crippen LogP contribution in [0.2, 0.25) is 0 Å². The van der Waals surface area contributed by atoms with Gasteiger partial charge in [-0.05, 0) is 60.0 Å². The van der Waals surface area contributed by atoms with Crippen molar-refractivity contribution in [1.82, 2.24) is 0 Å². The molecule has 1 unspecified atom stereocenters. The highest BCUT2D eigenvalue weighted by molar-refractivity contribution is 7.99. The molecule has 0 spiro atoms. The molecule has 2 aromatic carbocycles. The van der Waals surface area contributed by atoms with Crippen LogP contribution in [-0.4, -0.2) is 5.75 Å². The van der Waals surface area contributed by atoms with Gasteiger partial charge in [-0.3, -0.25) is 0 Å². The fraction of sp³-hybridized carbons (Fsp3) is 0.478. The lowest BCUT2D eigenvalue weighted by atomic mass is 9.59. The minimum atomic E-state index is 0.264. The van der Waals surface area contributed by atoms with Crippen LogP contribution in [0, 0.1) is 12.3 Å². The monoisotopic (exact) mass is 338 g/mol. The summed E-state index contributed by atoms with van der Waals surface area (Å²) in [4.78, 5) is 1.43. The molecular weight excluding hydrogens is 308 g/mol. The van der Waals surface area contributed by atoms with Gasteiger partial charge in [0.15, 0.2) is 0 Å². The summed E-state index contributed by atoms with van der Waals surface area (Å²) in [5, 5.41) is 0. The number of aryl methyl sites for hydroxylation is 1. The largest absolute Gasteiger partial charge is 0.126 e. The van der Waals surface area contributed by atoms with Gasteiger partial charge in [-0.2, -0.15) is 0 Å². The van der Waals surface area contributed by atoms with Gasteiger partial charge in [-0.25, -0.2) is 0 Å². The second kappa shape index (κ2) is 7.35. The molecule has 0 bridgehead atoms. The minimum Gasteiger partial charge on any atom is -0.126 e. The van der Waals surface area contributed by atoms with Crippen molar-refractivity contribution in [1.29, 1.82) is 0 Å². The molecule has 128 valence electrons. The third kappa shape index (κ3) is 3.42. The van der Waals surface area contributed by atoms with E-state index in [4.69, 9.17) is 0 Å². The van der Waals surface area contributed by atoms with Gasteiger partial charge < -0.3 is 0 Å². The zero-order valence-corrected chi connectivity index (χ0v) is 16.2. The number of hydrogen-bond acceptors (Lipinski definition) is 1. The van der Waals surface area contributed by atoms with Gasteiger partial charge in [0.25, 0.3) is 0 Å². The van der Waals surface area contributed by atoms with E-state index in [0.29, 0.717) is 5.41 Å². The molecule has 0 amide bonds. The first-order valence-corrected chi connectivity index (χ1v) is 10.3. The Morgan fingerprint density at radius 2 is 1.58 bits per heavy atom. The highest BCUT2D eigenvalue weighted by atomic mass is 32.2. The molecule has 2 aromatic rings. The summed E-state index contributed by atoms with van der Waals surface area (Å²) >= 11 is 2.03. The van der Waals surface area contributed by atoms with Crippen LogP contribution in [0.3, 0.4) is 0 Å². The third-order valence-electron chi connectivity index (χ3n) is 6.40. The van der Waals surface area contributed by atoms with Crippen LogP contribution in [-0.2, 0) is 5.41 Å². The number of rotatable bonds is 6. The summed E-state index contributed by atoms with van der Waals surface area (Å²) in [5.74, 6) is 1.19. The van der Waals surface area contributed by atoms with E-state index in [-0.39, 0.29) is 5.41 Å². The molecule has 1 heteroatoms. The first-order valence-electron chi connectivity index (χ1n) is 9.29. The molecule has 1 saturated carbocycles. The lowest BCUT2D eigenvalue weighted by Gasteiger charge is -2.45. The maximum absolute atomic E-state index is 2.53. The normalized spacial score (nSPS) is 19.1. The smallest absolute Gasteiger partial charge is 0.0101 e. The fourth-order valence-electron chi connectivity index (χ4n) is 4.39. The lowest BCUT2D eigenvalue weighted by Crippen LogP contribution is -2.40. The van der Waals surface area contributed by atoms with Crippen LogP contribution < -0.4 is 0 Å². The summed E-state index contributed by atoms with van der Waals surface area (Å²) in [6, 6.07) is 20.0. The number of thioether (sulfide) groups is 1. The fourth-order valence-corrected chi connectivity index (χ4v) is 5.59. The molecular formula is C23H30S. The Morgan fingerprint density at radius 3 is 2.25 bits per heavy atom. The van der Waals surface area contributed by atoms with Crippen molar-refractivity contribution < 1.29 is 0 Å². The minimum absolute atomic E-state index is 0.264. The van der Waals surface area contributed by atoms with Gasteiger partial charge in [0, 0.05) is 4.90 Å². The molecule has 24 heavy (non-hydrogen) atoms. The van der Waals surface area contributed by atoms with Crippen molar-refractivity contribution in [2.75, 3.05) is 5.75 Å². The van der Waals surface area contributed by atoms with Gasteiger partial charge in [0.2, 0.25) is 0 Å². The number of hydrogen-bond donors (Lipinski definition) is 0. The van der Waals surface area contributed by atoms with Crippen molar-refractivity contribution in [3.63, 3.8) is 0 Å². The Labute approximate surface area is 152 Å². The summed E-state index contributed by atoms with van der Waals surface area (Å²) in [7, 11) is 0. The van der Waals surface area contributed by atoms with Gasteiger partial charge in [-0.1, -0.05) is 75.2 Å². The first kappa shape index (κ1) is 17.6. The van der Waals surface area contributed by atoms with E-state index in [2.05, 4.69) is 75.4 Å². The highest BCUT2D eigenvalue weighted by Crippen LogP contribution is 2.54. The van der Waals surface area contributed by atoms with Gasteiger partial charge >= 0.3 is 0 Å². The van der Waals surface area contributed by atoms with E-state index in [9.17, 15) is 0 Å². The summed E-state index contributed by atoms with van der Waals surface area (Å²) in [6.45, 7) is 7.27. The molecule has 0 nitrogen and oxygen atoms in total. The first-order chi connectivity index (χ1) is 11.6. The predicted molar refractivity (Wildman–Crippen MR) is 107 cm³/mol. The Balaban J connectivity index is 1.80. The molecule has 0 aromatic heterocycles. The Kier molecular flexibility index (Phi) is 5.39. The molecule has 0 heterocycles. The van der Waals surface area contributed by atoms with Crippen LogP contribution >= 0.6 is 11.8 Å². The molecule has 3 rings (SSSR count). The molecule has 1 aliphatic rings. The quantitative estimate of drug-likeness (QED) is 0.510. The van der Waals surface area contributed by atoms with Gasteiger partial charge in [-0.15, -0.1) is 11.8 Å². The van der Waals surface area contributed by atoms with E-state index < -0.39 is 0 Å². The van der Waals surface area contributed by atoms with Crippen molar-refractivity contribution in [2.24, 2.45) is 5.41 Å². The van der Waals surface area contributed by atoms with Crippen molar-refractivity contribution in [3.8, 4) is 0 Å². The van der Waals surface area contributed by atoms with Crippen LogP contribution in [0.4, 0.5) is 0 Å². The van der Waals surface area contributed by atoms with E-state index in [1.807, 2.05) is 11.8 Å². The van der Waals surface area contributed by atoms with E-state index in [1.165, 1.54) is 53.9 Å². The topological polar surface area (TPSA) is 0 Å². The average Bonchev–Trinajstić information content (AvgIpc) is 3.05. The Bertz CT molecular complexity index is 655. The molecule has 1 fully saturated rings. The SMILES string of the molecule is Cc1ccccc1SCCC(C)(c1ccccc1)C1(C)CCCC1. The molecule has 0 aliphatic heterocycles. The second-order valence-corrected chi connectivity index (χ2v) is 8.97. The zero-order chi connectivity index (χ0) is 17.0. The standard InChI is InChI=1S/C23H30S/c1-19-11-7-8-14-21(19)24-18-17-23(3,20-12-5-4-6-13-20)22(2)15-9-10-16-22/h4-8,11-14H,9-10,15-18H2,1-3H3. The van der Waals surface area contributed by atoms with Crippen molar-refractivity contribution in [3.05, 3.63) is 65.7 Å². The van der Waals surface area contributed by atoms with E-state index in [0.717, 1.165) is 0 Å². The zero-order valence-electron chi connectivity index (χ0n) is 15.3. The van der Waals surface area contributed by atoms with Crippen LogP contribution in [0.5, 0.6) is 0 Å². The third-order valence-corrected chi connectivity index (χ3v) is 7.58. The molecule has 0 radical (unpaired) electrons. The van der Waals surface area contributed by atoms with Crippen LogP contribution in [0.1, 0.15) is 57.1 Å². The van der Waals surface area contributed by atoms with Gasteiger partial charge in [0.1, 0.15) is 0 Å². The summed E-state index contributed by atoms with van der Waals surface area (Å²) < 4.78 is 0. The molecule has 1 aliphatic carbocycles. The predicted octanol–water partition coefficient (Wildman–Crippen LogP) is 7.02. The second-order valence-electron chi connectivity index (χ2n) is 7.83. The molecule has 0 N–H and O–H groups in total. The van der Waals surface area contributed by atoms with Gasteiger partial charge in [0.05, 0.1) is 0 Å². The van der Waals surface area contributed by atoms with Crippen LogP contribution in [0.15, 0.2) is 59.5 Å². The summed E-state index contributed by atoms with van der Waals surface area (Å²) in [6.07, 6.45) is 6.76. The number of benzene rings is 2. The molecule has 1 atom stereocenters. The van der Waals surface area contributed by atoms with Crippen molar-refractivity contribution in [2.45, 2.75) is 63.2 Å². The van der Waals surface area contributed by atoms with Crippen molar-refractivity contribution >= 4 is 11.8 Å². The van der Waals surface area contributed by atoms with E-state index in [1.54, 1.807) is 0 Å². The summed E-state index contributed by atoms with van der Waals surface area (Å²) in [5.41, 5.74) is 3.62. The average molecular weight is 339 g/mol.